The zero-order valence-corrected chi connectivity index (χ0v) is 20.7. The maximum atomic E-state index is 13.5. The summed E-state index contributed by atoms with van der Waals surface area (Å²) in [4.78, 5) is 32.7. The van der Waals surface area contributed by atoms with Crippen LogP contribution in [-0.4, -0.2) is 34.7 Å². The Kier molecular flexibility index (Phi) is 9.25. The summed E-state index contributed by atoms with van der Waals surface area (Å²) in [6, 6.07) is 24.0. The third-order valence-electron chi connectivity index (χ3n) is 5.82. The highest BCUT2D eigenvalue weighted by Gasteiger charge is 2.23. The van der Waals surface area contributed by atoms with E-state index in [2.05, 4.69) is 32.9 Å². The molecule has 1 atom stereocenters. The van der Waals surface area contributed by atoms with E-state index in [1.54, 1.807) is 16.2 Å². The molecule has 174 valence electrons. The van der Waals surface area contributed by atoms with Gasteiger partial charge in [0.05, 0.1) is 19.5 Å². The predicted octanol–water partition coefficient (Wildman–Crippen LogP) is 5.70. The number of hydrogen-bond acceptors (Lipinski definition) is 3. The highest BCUT2D eigenvalue weighted by molar-refractivity contribution is 7.11. The van der Waals surface area contributed by atoms with Gasteiger partial charge in [0.1, 0.15) is 0 Å². The molecule has 5 heteroatoms. The molecule has 1 unspecified atom stereocenters. The summed E-state index contributed by atoms with van der Waals surface area (Å²) in [6.45, 7) is 8.10. The molecule has 0 aliphatic heterocycles. The van der Waals surface area contributed by atoms with Crippen molar-refractivity contribution in [2.75, 3.05) is 13.1 Å². The lowest BCUT2D eigenvalue weighted by Gasteiger charge is -2.29. The summed E-state index contributed by atoms with van der Waals surface area (Å²) in [6.07, 6.45) is 1.28. The standard InChI is InChI=1S/C28H34N2O2S/c1-4-22(2)18-29(27(31)17-24-11-7-5-8-12-24)21-28(32)30(19-25-13-9-6-10-14-25)20-26-16-15-23(3)33-26/h5-16,22H,4,17-21H2,1-3H3. The fourth-order valence-corrected chi connectivity index (χ4v) is 4.61. The number of nitrogens with zero attached hydrogens (tertiary/aromatic N) is 2. The first-order chi connectivity index (χ1) is 15.9. The Labute approximate surface area is 201 Å². The van der Waals surface area contributed by atoms with Crippen LogP contribution in [0.15, 0.2) is 72.8 Å². The highest BCUT2D eigenvalue weighted by atomic mass is 32.1. The van der Waals surface area contributed by atoms with E-state index in [0.717, 1.165) is 22.4 Å². The van der Waals surface area contributed by atoms with Gasteiger partial charge >= 0.3 is 0 Å². The van der Waals surface area contributed by atoms with E-state index >= 15 is 0 Å². The van der Waals surface area contributed by atoms with Crippen molar-refractivity contribution < 1.29 is 9.59 Å². The number of aryl methyl sites for hydroxylation is 1. The number of rotatable bonds is 11. The zero-order chi connectivity index (χ0) is 23.6. The quantitative estimate of drug-likeness (QED) is 0.367. The molecule has 2 aromatic carbocycles. The van der Waals surface area contributed by atoms with Crippen molar-refractivity contribution in [3.05, 3.63) is 93.7 Å². The minimum atomic E-state index is -0.0189. The van der Waals surface area contributed by atoms with Crippen LogP contribution in [0.2, 0.25) is 0 Å². The first-order valence-electron chi connectivity index (χ1n) is 11.6. The van der Waals surface area contributed by atoms with Gasteiger partial charge in [-0.2, -0.15) is 0 Å². The number of amides is 2. The third-order valence-corrected chi connectivity index (χ3v) is 6.80. The molecule has 0 fully saturated rings. The Morgan fingerprint density at radius 3 is 2.03 bits per heavy atom. The molecule has 0 radical (unpaired) electrons. The Balaban J connectivity index is 1.77. The molecule has 3 rings (SSSR count). The second-order valence-electron chi connectivity index (χ2n) is 8.70. The van der Waals surface area contributed by atoms with E-state index < -0.39 is 0 Å². The number of carbonyl (C=O) groups excluding carboxylic acids is 2. The molecule has 0 spiro atoms. The predicted molar refractivity (Wildman–Crippen MR) is 136 cm³/mol. The van der Waals surface area contributed by atoms with Crippen LogP contribution in [-0.2, 0) is 29.1 Å². The monoisotopic (exact) mass is 462 g/mol. The molecular formula is C28H34N2O2S. The Hall–Kier alpha value is -2.92. The lowest BCUT2D eigenvalue weighted by atomic mass is 10.1. The van der Waals surface area contributed by atoms with Crippen LogP contribution in [0.25, 0.3) is 0 Å². The molecule has 33 heavy (non-hydrogen) atoms. The van der Waals surface area contributed by atoms with E-state index in [0.29, 0.717) is 32.0 Å². The first kappa shape index (κ1) is 24.7. The number of benzene rings is 2. The molecule has 0 saturated heterocycles. The van der Waals surface area contributed by atoms with Crippen LogP contribution in [0.1, 0.15) is 41.1 Å². The Morgan fingerprint density at radius 1 is 0.818 bits per heavy atom. The maximum absolute atomic E-state index is 13.5. The first-order valence-corrected chi connectivity index (χ1v) is 12.4. The molecule has 1 heterocycles. The van der Waals surface area contributed by atoms with Gasteiger partial charge in [0.15, 0.2) is 0 Å². The average molecular weight is 463 g/mol. The third kappa shape index (κ3) is 7.86. The van der Waals surface area contributed by atoms with Crippen LogP contribution in [0, 0.1) is 12.8 Å². The lowest BCUT2D eigenvalue weighted by Crippen LogP contribution is -2.44. The van der Waals surface area contributed by atoms with E-state index in [1.165, 1.54) is 4.88 Å². The van der Waals surface area contributed by atoms with Gasteiger partial charge in [-0.25, -0.2) is 0 Å². The second-order valence-corrected chi connectivity index (χ2v) is 10.1. The molecule has 0 bridgehead atoms. The average Bonchev–Trinajstić information content (AvgIpc) is 3.23. The molecule has 3 aromatic rings. The normalized spacial score (nSPS) is 11.7. The largest absolute Gasteiger partial charge is 0.333 e. The van der Waals surface area contributed by atoms with Crippen molar-refractivity contribution in [3.8, 4) is 0 Å². The molecule has 1 aromatic heterocycles. The van der Waals surface area contributed by atoms with Crippen LogP contribution in [0.4, 0.5) is 0 Å². The van der Waals surface area contributed by atoms with E-state index in [1.807, 2.05) is 65.6 Å². The molecule has 0 N–H and O–H groups in total. The fraction of sp³-hybridized carbons (Fsp3) is 0.357. The van der Waals surface area contributed by atoms with Gasteiger partial charge in [0.25, 0.3) is 0 Å². The van der Waals surface area contributed by atoms with Gasteiger partial charge < -0.3 is 9.80 Å². The van der Waals surface area contributed by atoms with E-state index in [9.17, 15) is 9.59 Å². The summed E-state index contributed by atoms with van der Waals surface area (Å²) in [5.74, 6) is 0.316. The number of thiophene rings is 1. The van der Waals surface area contributed by atoms with Gasteiger partial charge in [0, 0.05) is 22.8 Å². The van der Waals surface area contributed by atoms with Crippen LogP contribution in [0.5, 0.6) is 0 Å². The zero-order valence-electron chi connectivity index (χ0n) is 19.9. The highest BCUT2D eigenvalue weighted by Crippen LogP contribution is 2.19. The van der Waals surface area contributed by atoms with Gasteiger partial charge in [0.2, 0.25) is 11.8 Å². The molecular weight excluding hydrogens is 428 g/mol. The van der Waals surface area contributed by atoms with Crippen LogP contribution in [0.3, 0.4) is 0 Å². The van der Waals surface area contributed by atoms with Crippen molar-refractivity contribution in [1.82, 2.24) is 9.80 Å². The smallest absolute Gasteiger partial charge is 0.242 e. The van der Waals surface area contributed by atoms with Crippen molar-refractivity contribution >= 4 is 23.2 Å². The Bertz CT molecular complexity index is 1020. The van der Waals surface area contributed by atoms with Gasteiger partial charge in [-0.3, -0.25) is 9.59 Å². The summed E-state index contributed by atoms with van der Waals surface area (Å²) >= 11 is 1.71. The molecule has 4 nitrogen and oxygen atoms in total. The summed E-state index contributed by atoms with van der Waals surface area (Å²) in [7, 11) is 0. The minimum absolute atomic E-state index is 0.00137. The van der Waals surface area contributed by atoms with E-state index in [4.69, 9.17) is 0 Å². The fourth-order valence-electron chi connectivity index (χ4n) is 3.70. The van der Waals surface area contributed by atoms with Gasteiger partial charge in [-0.1, -0.05) is 80.9 Å². The van der Waals surface area contributed by atoms with Crippen molar-refractivity contribution in [2.45, 2.75) is 46.7 Å². The van der Waals surface area contributed by atoms with Crippen molar-refractivity contribution in [2.24, 2.45) is 5.92 Å². The van der Waals surface area contributed by atoms with Gasteiger partial charge in [-0.15, -0.1) is 11.3 Å². The summed E-state index contributed by atoms with van der Waals surface area (Å²) < 4.78 is 0. The molecule has 0 aliphatic carbocycles. The molecule has 0 aliphatic rings. The summed E-state index contributed by atoms with van der Waals surface area (Å²) in [5.41, 5.74) is 2.06. The SMILES string of the molecule is CCC(C)CN(CC(=O)N(Cc1ccccc1)Cc1ccc(C)s1)C(=O)Cc1ccccc1. The lowest BCUT2D eigenvalue weighted by molar-refractivity contribution is -0.141. The van der Waals surface area contributed by atoms with Gasteiger partial charge in [-0.05, 0) is 36.1 Å². The summed E-state index contributed by atoms with van der Waals surface area (Å²) in [5, 5.41) is 0. The van der Waals surface area contributed by atoms with Crippen LogP contribution < -0.4 is 0 Å². The maximum Gasteiger partial charge on any atom is 0.242 e. The van der Waals surface area contributed by atoms with Crippen molar-refractivity contribution in [3.63, 3.8) is 0 Å². The number of carbonyl (C=O) groups is 2. The minimum Gasteiger partial charge on any atom is -0.333 e. The topological polar surface area (TPSA) is 40.6 Å². The van der Waals surface area contributed by atoms with E-state index in [-0.39, 0.29) is 18.4 Å². The van der Waals surface area contributed by atoms with Crippen LogP contribution >= 0.6 is 11.3 Å². The Morgan fingerprint density at radius 2 is 1.45 bits per heavy atom. The molecule has 2 amide bonds. The second kappa shape index (κ2) is 12.4. The molecule has 0 saturated carbocycles. The van der Waals surface area contributed by atoms with Crippen molar-refractivity contribution in [1.29, 1.82) is 0 Å². The number of hydrogen-bond donors (Lipinski definition) is 0.